The maximum atomic E-state index is 12.0. The smallest absolute Gasteiger partial charge is 0.255 e. The number of nitrogens with one attached hydrogen (secondary N) is 2. The average Bonchev–Trinajstić information content (AvgIpc) is 2.29. The Morgan fingerprint density at radius 3 is 2.82 bits per heavy atom. The van der Waals surface area contributed by atoms with Crippen molar-refractivity contribution in [3.05, 3.63) is 34.2 Å². The number of carbonyl (C=O) groups is 1. The standard InChI is InChI=1S/C11H15N3O2.ClH/c1-8-7-14(5-4-12-8)11(16)9-2-3-10(15)13-6-9;/h2-3,6,8,12H,4-5,7H2,1H3,(H,13,15);1H. The van der Waals surface area contributed by atoms with Crippen LogP contribution in [0.5, 0.6) is 0 Å². The van der Waals surface area contributed by atoms with Crippen LogP contribution in [0.15, 0.2) is 23.1 Å². The van der Waals surface area contributed by atoms with E-state index in [2.05, 4.69) is 10.3 Å². The number of hydrogen-bond donors (Lipinski definition) is 2. The lowest BCUT2D eigenvalue weighted by atomic mass is 10.2. The molecule has 1 unspecified atom stereocenters. The molecule has 2 heterocycles. The van der Waals surface area contributed by atoms with Crippen molar-refractivity contribution in [3.8, 4) is 0 Å². The summed E-state index contributed by atoms with van der Waals surface area (Å²) in [6, 6.07) is 3.26. The highest BCUT2D eigenvalue weighted by molar-refractivity contribution is 5.93. The molecule has 1 aromatic heterocycles. The maximum Gasteiger partial charge on any atom is 0.255 e. The molecule has 2 N–H and O–H groups in total. The molecule has 1 atom stereocenters. The zero-order chi connectivity index (χ0) is 11.5. The molecule has 0 radical (unpaired) electrons. The maximum absolute atomic E-state index is 12.0. The third-order valence-electron chi connectivity index (χ3n) is 2.69. The second-order valence-electron chi connectivity index (χ2n) is 4.05. The molecule has 1 fully saturated rings. The van der Waals surface area contributed by atoms with E-state index < -0.39 is 0 Å². The van der Waals surface area contributed by atoms with Gasteiger partial charge in [-0.15, -0.1) is 12.4 Å². The lowest BCUT2D eigenvalue weighted by Gasteiger charge is -2.31. The van der Waals surface area contributed by atoms with Crippen LogP contribution < -0.4 is 10.9 Å². The molecule has 94 valence electrons. The number of aromatic nitrogens is 1. The van der Waals surface area contributed by atoms with E-state index in [1.807, 2.05) is 6.92 Å². The van der Waals surface area contributed by atoms with Crippen LogP contribution in [-0.4, -0.2) is 41.5 Å². The van der Waals surface area contributed by atoms with Gasteiger partial charge in [-0.2, -0.15) is 0 Å². The largest absolute Gasteiger partial charge is 0.336 e. The van der Waals surface area contributed by atoms with Gasteiger partial charge in [-0.25, -0.2) is 0 Å². The summed E-state index contributed by atoms with van der Waals surface area (Å²) in [7, 11) is 0. The quantitative estimate of drug-likeness (QED) is 0.757. The molecule has 2 rings (SSSR count). The first-order valence-electron chi connectivity index (χ1n) is 5.38. The summed E-state index contributed by atoms with van der Waals surface area (Å²) in [5.74, 6) is -0.0235. The van der Waals surface area contributed by atoms with Gasteiger partial charge in [-0.3, -0.25) is 9.59 Å². The Labute approximate surface area is 106 Å². The van der Waals surface area contributed by atoms with Crippen LogP contribution in [0.4, 0.5) is 0 Å². The van der Waals surface area contributed by atoms with Crippen molar-refractivity contribution in [3.63, 3.8) is 0 Å². The van der Waals surface area contributed by atoms with E-state index in [-0.39, 0.29) is 23.9 Å². The summed E-state index contributed by atoms with van der Waals surface area (Å²) >= 11 is 0. The zero-order valence-corrected chi connectivity index (χ0v) is 10.4. The van der Waals surface area contributed by atoms with Gasteiger partial charge < -0.3 is 15.2 Å². The molecule has 0 aromatic carbocycles. The normalized spacial score (nSPS) is 19.6. The number of piperazine rings is 1. The Bertz CT molecular complexity index is 426. The third-order valence-corrected chi connectivity index (χ3v) is 2.69. The van der Waals surface area contributed by atoms with Crippen LogP contribution in [-0.2, 0) is 0 Å². The molecule has 1 saturated heterocycles. The van der Waals surface area contributed by atoms with Gasteiger partial charge in [0.25, 0.3) is 5.91 Å². The number of halogens is 1. The molecule has 17 heavy (non-hydrogen) atoms. The predicted molar refractivity (Wildman–Crippen MR) is 67.7 cm³/mol. The summed E-state index contributed by atoms with van der Waals surface area (Å²) in [6.07, 6.45) is 1.47. The Balaban J connectivity index is 0.00000144. The minimum atomic E-state index is -0.190. The predicted octanol–water partition coefficient (Wildman–Crippen LogP) is 0.231. The molecule has 1 aliphatic rings. The second kappa shape index (κ2) is 5.84. The highest BCUT2D eigenvalue weighted by Crippen LogP contribution is 2.05. The summed E-state index contributed by atoms with van der Waals surface area (Å²) in [5.41, 5.74) is 0.346. The highest BCUT2D eigenvalue weighted by atomic mass is 35.5. The van der Waals surface area contributed by atoms with E-state index in [0.29, 0.717) is 24.7 Å². The fourth-order valence-electron chi connectivity index (χ4n) is 1.84. The third kappa shape index (κ3) is 3.31. The number of nitrogens with zero attached hydrogens (tertiary/aromatic N) is 1. The van der Waals surface area contributed by atoms with Gasteiger partial charge in [0, 0.05) is 37.9 Å². The first kappa shape index (κ1) is 13.7. The fraction of sp³-hybridized carbons (Fsp3) is 0.455. The molecule has 1 aromatic rings. The molecule has 0 bridgehead atoms. The van der Waals surface area contributed by atoms with Crippen molar-refractivity contribution in [2.45, 2.75) is 13.0 Å². The summed E-state index contributed by atoms with van der Waals surface area (Å²) < 4.78 is 0. The fourth-order valence-corrected chi connectivity index (χ4v) is 1.84. The van der Waals surface area contributed by atoms with Gasteiger partial charge in [-0.1, -0.05) is 0 Å². The number of H-pyrrole nitrogens is 1. The Hall–Kier alpha value is -1.33. The number of rotatable bonds is 1. The molecule has 0 aliphatic carbocycles. The van der Waals surface area contributed by atoms with Crippen molar-refractivity contribution >= 4 is 18.3 Å². The van der Waals surface area contributed by atoms with E-state index in [1.54, 1.807) is 11.0 Å². The van der Waals surface area contributed by atoms with Crippen LogP contribution >= 0.6 is 12.4 Å². The van der Waals surface area contributed by atoms with Gasteiger partial charge in [-0.05, 0) is 13.0 Å². The van der Waals surface area contributed by atoms with Crippen LogP contribution in [0.25, 0.3) is 0 Å². The van der Waals surface area contributed by atoms with Gasteiger partial charge in [0.2, 0.25) is 5.56 Å². The van der Waals surface area contributed by atoms with Gasteiger partial charge in [0.15, 0.2) is 0 Å². The number of amides is 1. The van der Waals surface area contributed by atoms with Crippen LogP contribution in [0.3, 0.4) is 0 Å². The minimum Gasteiger partial charge on any atom is -0.336 e. The first-order valence-corrected chi connectivity index (χ1v) is 5.38. The molecule has 1 aliphatic heterocycles. The first-order chi connectivity index (χ1) is 7.66. The number of hydrogen-bond acceptors (Lipinski definition) is 3. The molecular formula is C11H16ClN3O2. The molecule has 5 nitrogen and oxygen atoms in total. The number of carbonyl (C=O) groups excluding carboxylic acids is 1. The van der Waals surface area contributed by atoms with E-state index in [9.17, 15) is 9.59 Å². The van der Waals surface area contributed by atoms with E-state index in [4.69, 9.17) is 0 Å². The number of pyridine rings is 1. The van der Waals surface area contributed by atoms with Gasteiger partial charge in [0.05, 0.1) is 5.56 Å². The van der Waals surface area contributed by atoms with E-state index in [0.717, 1.165) is 6.54 Å². The second-order valence-corrected chi connectivity index (χ2v) is 4.05. The summed E-state index contributed by atoms with van der Waals surface area (Å²) in [5, 5.41) is 3.28. The SMILES string of the molecule is CC1CN(C(=O)c2ccc(=O)[nH]c2)CCN1.Cl. The van der Waals surface area contributed by atoms with E-state index >= 15 is 0 Å². The summed E-state index contributed by atoms with van der Waals surface area (Å²) in [6.45, 7) is 4.28. The van der Waals surface area contributed by atoms with Crippen molar-refractivity contribution < 1.29 is 4.79 Å². The highest BCUT2D eigenvalue weighted by Gasteiger charge is 2.21. The molecule has 0 spiro atoms. The molecule has 6 heteroatoms. The summed E-state index contributed by atoms with van der Waals surface area (Å²) in [4.78, 5) is 27.2. The minimum absolute atomic E-state index is 0. The van der Waals surface area contributed by atoms with Crippen LogP contribution in [0.2, 0.25) is 0 Å². The lowest BCUT2D eigenvalue weighted by molar-refractivity contribution is 0.0708. The van der Waals surface area contributed by atoms with Crippen molar-refractivity contribution in [1.82, 2.24) is 15.2 Å². The Morgan fingerprint density at radius 2 is 2.24 bits per heavy atom. The molecular weight excluding hydrogens is 242 g/mol. The number of aromatic amines is 1. The monoisotopic (exact) mass is 257 g/mol. The molecule has 1 amide bonds. The Morgan fingerprint density at radius 1 is 1.47 bits per heavy atom. The van der Waals surface area contributed by atoms with Crippen LogP contribution in [0.1, 0.15) is 17.3 Å². The molecule has 0 saturated carbocycles. The van der Waals surface area contributed by atoms with Gasteiger partial charge in [0.1, 0.15) is 0 Å². The van der Waals surface area contributed by atoms with Crippen molar-refractivity contribution in [1.29, 1.82) is 0 Å². The average molecular weight is 258 g/mol. The van der Waals surface area contributed by atoms with Crippen LogP contribution in [0, 0.1) is 0 Å². The van der Waals surface area contributed by atoms with E-state index in [1.165, 1.54) is 12.3 Å². The van der Waals surface area contributed by atoms with Crippen molar-refractivity contribution in [2.75, 3.05) is 19.6 Å². The van der Waals surface area contributed by atoms with Crippen molar-refractivity contribution in [2.24, 2.45) is 0 Å². The lowest BCUT2D eigenvalue weighted by Crippen LogP contribution is -2.51. The zero-order valence-electron chi connectivity index (χ0n) is 9.60. The topological polar surface area (TPSA) is 65.2 Å². The van der Waals surface area contributed by atoms with Gasteiger partial charge >= 0.3 is 0 Å². The Kier molecular flexibility index (Phi) is 4.72.